The van der Waals surface area contributed by atoms with E-state index in [-0.39, 0.29) is 36.9 Å². The van der Waals surface area contributed by atoms with Gasteiger partial charge in [0.15, 0.2) is 6.10 Å². The van der Waals surface area contributed by atoms with Crippen LogP contribution in [-0.2, 0) is 20.9 Å². The Labute approximate surface area is 176 Å². The highest BCUT2D eigenvalue weighted by atomic mass is 16.5. The molecule has 1 aliphatic heterocycles. The van der Waals surface area contributed by atoms with Crippen molar-refractivity contribution in [2.45, 2.75) is 38.6 Å². The van der Waals surface area contributed by atoms with E-state index in [4.69, 9.17) is 4.74 Å². The minimum absolute atomic E-state index is 0.0776. The standard InChI is InChI=1S/C23H27N3O4/c1-15(2)26-19(27)14-30-21(20(26)17-9-5-4-6-10-17)23(29)25-13-16-8-7-11-18(12-16)22(28)24-3/h4-12,15,20-21H,13-14H2,1-3H3,(H,24,28)(H,25,29)/t20-,21+/m1/s1. The summed E-state index contributed by atoms with van der Waals surface area (Å²) in [5.41, 5.74) is 2.17. The van der Waals surface area contributed by atoms with E-state index in [0.29, 0.717) is 5.56 Å². The highest BCUT2D eigenvalue weighted by Crippen LogP contribution is 2.32. The summed E-state index contributed by atoms with van der Waals surface area (Å²) in [7, 11) is 1.57. The van der Waals surface area contributed by atoms with Crippen LogP contribution in [0.4, 0.5) is 0 Å². The van der Waals surface area contributed by atoms with Crippen molar-refractivity contribution in [3.05, 3.63) is 71.3 Å². The number of morpholine rings is 1. The van der Waals surface area contributed by atoms with E-state index in [0.717, 1.165) is 11.1 Å². The first-order chi connectivity index (χ1) is 14.4. The SMILES string of the molecule is CNC(=O)c1cccc(CNC(=O)[C@H]2OCC(=O)N(C(C)C)[C@@H]2c2ccccc2)c1. The summed E-state index contributed by atoms with van der Waals surface area (Å²) < 4.78 is 5.70. The summed E-state index contributed by atoms with van der Waals surface area (Å²) in [5.74, 6) is -0.623. The van der Waals surface area contributed by atoms with Crippen molar-refractivity contribution >= 4 is 17.7 Å². The monoisotopic (exact) mass is 409 g/mol. The predicted molar refractivity (Wildman–Crippen MR) is 113 cm³/mol. The Balaban J connectivity index is 1.79. The molecular formula is C23H27N3O4. The lowest BCUT2D eigenvalue weighted by Gasteiger charge is -2.42. The van der Waals surface area contributed by atoms with Crippen LogP contribution in [0.25, 0.3) is 0 Å². The number of benzene rings is 2. The molecule has 0 unspecified atom stereocenters. The van der Waals surface area contributed by atoms with E-state index in [2.05, 4.69) is 10.6 Å². The molecule has 2 atom stereocenters. The van der Waals surface area contributed by atoms with Crippen LogP contribution in [0.15, 0.2) is 54.6 Å². The molecule has 0 spiro atoms. The third-order valence-corrected chi connectivity index (χ3v) is 5.10. The van der Waals surface area contributed by atoms with Gasteiger partial charge in [-0.05, 0) is 37.1 Å². The minimum atomic E-state index is -0.824. The number of nitrogens with zero attached hydrogens (tertiary/aromatic N) is 1. The van der Waals surface area contributed by atoms with Gasteiger partial charge < -0.3 is 20.3 Å². The summed E-state index contributed by atoms with van der Waals surface area (Å²) >= 11 is 0. The normalized spacial score (nSPS) is 18.9. The molecule has 7 nitrogen and oxygen atoms in total. The van der Waals surface area contributed by atoms with Crippen molar-refractivity contribution in [1.29, 1.82) is 0 Å². The Morgan fingerprint density at radius 2 is 1.87 bits per heavy atom. The van der Waals surface area contributed by atoms with E-state index in [9.17, 15) is 14.4 Å². The van der Waals surface area contributed by atoms with Gasteiger partial charge >= 0.3 is 0 Å². The molecule has 3 rings (SSSR count). The van der Waals surface area contributed by atoms with Crippen molar-refractivity contribution in [2.24, 2.45) is 0 Å². The van der Waals surface area contributed by atoms with Crippen molar-refractivity contribution in [2.75, 3.05) is 13.7 Å². The molecule has 3 amide bonds. The van der Waals surface area contributed by atoms with Crippen LogP contribution in [0, 0.1) is 0 Å². The number of ether oxygens (including phenoxy) is 1. The van der Waals surface area contributed by atoms with E-state index in [1.54, 1.807) is 30.1 Å². The quantitative estimate of drug-likeness (QED) is 0.764. The van der Waals surface area contributed by atoms with Crippen LogP contribution >= 0.6 is 0 Å². The molecule has 0 bridgehead atoms. The second kappa shape index (κ2) is 9.54. The first kappa shape index (κ1) is 21.5. The van der Waals surface area contributed by atoms with Gasteiger partial charge in [-0.2, -0.15) is 0 Å². The lowest BCUT2D eigenvalue weighted by Crippen LogP contribution is -2.56. The van der Waals surface area contributed by atoms with E-state index >= 15 is 0 Å². The van der Waals surface area contributed by atoms with Gasteiger partial charge in [0, 0.05) is 25.2 Å². The molecule has 7 heteroatoms. The van der Waals surface area contributed by atoms with Crippen molar-refractivity contribution in [3.8, 4) is 0 Å². The average Bonchev–Trinajstić information content (AvgIpc) is 2.77. The summed E-state index contributed by atoms with van der Waals surface area (Å²) in [6.07, 6.45) is -0.824. The fourth-order valence-electron chi connectivity index (χ4n) is 3.70. The number of rotatable bonds is 6. The van der Waals surface area contributed by atoms with Crippen LogP contribution in [-0.4, -0.2) is 48.4 Å². The topological polar surface area (TPSA) is 87.7 Å². The lowest BCUT2D eigenvalue weighted by molar-refractivity contribution is -0.167. The predicted octanol–water partition coefficient (Wildman–Crippen LogP) is 2.04. The molecule has 30 heavy (non-hydrogen) atoms. The smallest absolute Gasteiger partial charge is 0.251 e. The Morgan fingerprint density at radius 1 is 1.13 bits per heavy atom. The van der Waals surface area contributed by atoms with Gasteiger partial charge in [-0.15, -0.1) is 0 Å². The van der Waals surface area contributed by atoms with Crippen LogP contribution in [0.2, 0.25) is 0 Å². The third kappa shape index (κ3) is 4.68. The number of hydrogen-bond donors (Lipinski definition) is 2. The molecule has 0 aromatic heterocycles. The molecule has 1 aliphatic rings. The maximum atomic E-state index is 13.1. The second-order valence-corrected chi connectivity index (χ2v) is 7.48. The highest BCUT2D eigenvalue weighted by molar-refractivity contribution is 5.94. The first-order valence-corrected chi connectivity index (χ1v) is 9.98. The number of carbonyl (C=O) groups is 3. The number of amides is 3. The number of carbonyl (C=O) groups excluding carboxylic acids is 3. The van der Waals surface area contributed by atoms with Gasteiger partial charge in [0.1, 0.15) is 6.61 Å². The van der Waals surface area contributed by atoms with Gasteiger partial charge in [0.05, 0.1) is 6.04 Å². The van der Waals surface area contributed by atoms with Crippen molar-refractivity contribution in [3.63, 3.8) is 0 Å². The average molecular weight is 409 g/mol. The molecule has 2 aromatic carbocycles. The molecule has 2 N–H and O–H groups in total. The summed E-state index contributed by atoms with van der Waals surface area (Å²) in [4.78, 5) is 39.1. The molecule has 0 aliphatic carbocycles. The summed E-state index contributed by atoms with van der Waals surface area (Å²) in [5, 5.41) is 5.48. The molecule has 0 radical (unpaired) electrons. The maximum Gasteiger partial charge on any atom is 0.251 e. The summed E-state index contributed by atoms with van der Waals surface area (Å²) in [6, 6.07) is 15.9. The summed E-state index contributed by atoms with van der Waals surface area (Å²) in [6.45, 7) is 3.98. The van der Waals surface area contributed by atoms with Crippen LogP contribution in [0.3, 0.4) is 0 Å². The molecule has 1 fully saturated rings. The van der Waals surface area contributed by atoms with Crippen molar-refractivity contribution < 1.29 is 19.1 Å². The lowest BCUT2D eigenvalue weighted by atomic mass is 9.95. The van der Waals surface area contributed by atoms with Crippen molar-refractivity contribution in [1.82, 2.24) is 15.5 Å². The zero-order valence-corrected chi connectivity index (χ0v) is 17.4. The molecule has 0 saturated carbocycles. The maximum absolute atomic E-state index is 13.1. The van der Waals surface area contributed by atoms with Crippen LogP contribution in [0.1, 0.15) is 41.4 Å². The van der Waals surface area contributed by atoms with E-state index in [1.807, 2.05) is 50.2 Å². The van der Waals surface area contributed by atoms with Gasteiger partial charge in [-0.1, -0.05) is 42.5 Å². The Kier molecular flexibility index (Phi) is 6.84. The zero-order valence-electron chi connectivity index (χ0n) is 17.4. The molecule has 1 heterocycles. The molecule has 1 saturated heterocycles. The highest BCUT2D eigenvalue weighted by Gasteiger charge is 2.42. The third-order valence-electron chi connectivity index (χ3n) is 5.10. The first-order valence-electron chi connectivity index (χ1n) is 9.98. The van der Waals surface area contributed by atoms with Gasteiger partial charge in [-0.3, -0.25) is 14.4 Å². The number of nitrogens with one attached hydrogen (secondary N) is 2. The fraction of sp³-hybridized carbons (Fsp3) is 0.348. The number of hydrogen-bond acceptors (Lipinski definition) is 4. The molecule has 158 valence electrons. The Hall–Kier alpha value is -3.19. The van der Waals surface area contributed by atoms with E-state index < -0.39 is 12.1 Å². The zero-order chi connectivity index (χ0) is 21.7. The van der Waals surface area contributed by atoms with Crippen LogP contribution in [0.5, 0.6) is 0 Å². The Morgan fingerprint density at radius 3 is 2.53 bits per heavy atom. The van der Waals surface area contributed by atoms with Gasteiger partial charge in [0.2, 0.25) is 5.91 Å². The minimum Gasteiger partial charge on any atom is -0.356 e. The largest absolute Gasteiger partial charge is 0.356 e. The Bertz CT molecular complexity index is 914. The van der Waals surface area contributed by atoms with Crippen LogP contribution < -0.4 is 10.6 Å². The fourth-order valence-corrected chi connectivity index (χ4v) is 3.70. The van der Waals surface area contributed by atoms with E-state index in [1.165, 1.54) is 0 Å². The molecular weight excluding hydrogens is 382 g/mol. The van der Waals surface area contributed by atoms with Gasteiger partial charge in [-0.25, -0.2) is 0 Å². The molecule has 2 aromatic rings. The van der Waals surface area contributed by atoms with Gasteiger partial charge in [0.25, 0.3) is 11.8 Å². The second-order valence-electron chi connectivity index (χ2n) is 7.48.